The van der Waals surface area contributed by atoms with E-state index in [1.807, 2.05) is 0 Å². The van der Waals surface area contributed by atoms with Crippen molar-refractivity contribution >= 4 is 46.9 Å². The predicted octanol–water partition coefficient (Wildman–Crippen LogP) is 5.45. The van der Waals surface area contributed by atoms with Crippen LogP contribution in [-0.2, 0) is 40.3 Å². The van der Waals surface area contributed by atoms with Crippen molar-refractivity contribution in [2.75, 3.05) is 0 Å². The van der Waals surface area contributed by atoms with E-state index in [1.54, 1.807) is 0 Å². The van der Waals surface area contributed by atoms with Crippen LogP contribution in [0.1, 0.15) is 0 Å². The van der Waals surface area contributed by atoms with Gasteiger partial charge < -0.3 is 42.9 Å². The Balaban J connectivity index is 2.35. The fraction of sp³-hybridized carbons (Fsp3) is 0. The van der Waals surface area contributed by atoms with E-state index < -0.39 is 80.9 Å². The van der Waals surface area contributed by atoms with Crippen LogP contribution in [-0.4, -0.2) is 44.0 Å². The molecule has 0 saturated heterocycles. The van der Waals surface area contributed by atoms with E-state index in [2.05, 4.69) is 12.9 Å². The quantitative estimate of drug-likeness (QED) is 0.0672. The van der Waals surface area contributed by atoms with Crippen LogP contribution in [0.5, 0.6) is 17.2 Å². The molecule has 0 amide bonds. The molecule has 4 rings (SSSR count). The lowest BCUT2D eigenvalue weighted by atomic mass is 9.89. The Labute approximate surface area is 286 Å². The molecule has 0 aromatic heterocycles. The molecular weight excluding hydrogens is 810 g/mol. The van der Waals surface area contributed by atoms with Gasteiger partial charge in [-0.15, -0.1) is 0 Å². The highest BCUT2D eigenvalue weighted by atomic mass is 31.3. The van der Waals surface area contributed by atoms with Crippen LogP contribution in [0.3, 0.4) is 0 Å². The topological polar surface area (TPSA) is 340 Å². The molecule has 0 radical (unpaired) electrons. The highest BCUT2D eigenvalue weighted by Crippen LogP contribution is 2.68. The average molecular weight is 834 g/mol. The molecule has 4 aromatic carbocycles. The molecule has 51 heavy (non-hydrogen) atoms. The van der Waals surface area contributed by atoms with Gasteiger partial charge in [-0.3, -0.25) is 14.7 Å². The molecule has 9 N–H and O–H groups in total. The molecule has 276 valence electrons. The Morgan fingerprint density at radius 1 is 0.333 bits per heavy atom. The van der Waals surface area contributed by atoms with Gasteiger partial charge in [0.1, 0.15) is 0 Å². The number of phosphoric ester groups is 3. The van der Waals surface area contributed by atoms with Crippen LogP contribution in [0, 0.1) is 0 Å². The third-order valence-corrected chi connectivity index (χ3v) is 12.1. The first-order chi connectivity index (χ1) is 23.4. The minimum Gasteiger partial charge on any atom is -0.402 e. The lowest BCUT2D eigenvalue weighted by molar-refractivity contribution is 0.228. The summed E-state index contributed by atoms with van der Waals surface area (Å²) in [5, 5.41) is 0. The summed E-state index contributed by atoms with van der Waals surface area (Å²) in [4.78, 5) is 87.7. The third kappa shape index (κ3) is 11.8. The van der Waals surface area contributed by atoms with Crippen LogP contribution in [0.4, 0.5) is 0 Å². The molecular formula is C24H24O21P6. The van der Waals surface area contributed by atoms with Crippen molar-refractivity contribution in [1.82, 2.24) is 0 Å². The second-order valence-electron chi connectivity index (χ2n) is 9.61. The average Bonchev–Trinajstić information content (AvgIpc) is 2.94. The van der Waals surface area contributed by atoms with E-state index in [1.165, 1.54) is 91.0 Å². The first-order valence-corrected chi connectivity index (χ1v) is 22.2. The lowest BCUT2D eigenvalue weighted by Gasteiger charge is -2.28. The van der Waals surface area contributed by atoms with Gasteiger partial charge in [0.2, 0.25) is 0 Å². The van der Waals surface area contributed by atoms with E-state index in [0.717, 1.165) is 0 Å². The van der Waals surface area contributed by atoms with Crippen LogP contribution < -0.4 is 13.6 Å². The van der Waals surface area contributed by atoms with Gasteiger partial charge in [-0.25, -0.2) is 27.4 Å². The van der Waals surface area contributed by atoms with Gasteiger partial charge in [0.25, 0.3) is 0 Å². The number of rotatable bonds is 15. The van der Waals surface area contributed by atoms with Crippen LogP contribution >= 0.6 is 46.9 Å². The Morgan fingerprint density at radius 2 is 0.529 bits per heavy atom. The summed E-state index contributed by atoms with van der Waals surface area (Å²) in [6, 6.07) is 19.6. The summed E-state index contributed by atoms with van der Waals surface area (Å²) >= 11 is 0. The number of phosphoric acid groups is 6. The van der Waals surface area contributed by atoms with Crippen molar-refractivity contribution in [2.24, 2.45) is 0 Å². The summed E-state index contributed by atoms with van der Waals surface area (Å²) < 4.78 is 102. The normalized spacial score (nSPS) is 15.9. The maximum absolute atomic E-state index is 13.2. The Hall–Kier alpha value is -2.82. The molecule has 27 heteroatoms. The number of benzene rings is 4. The van der Waals surface area contributed by atoms with Crippen molar-refractivity contribution in [3.8, 4) is 50.6 Å². The molecule has 0 aliphatic carbocycles. The second-order valence-corrected chi connectivity index (χ2v) is 17.9. The maximum Gasteiger partial charge on any atom is 0.536 e. The largest absolute Gasteiger partial charge is 0.536 e. The third-order valence-electron chi connectivity index (χ3n) is 5.80. The first kappa shape index (κ1) is 40.9. The van der Waals surface area contributed by atoms with Crippen molar-refractivity contribution in [3.05, 3.63) is 91.0 Å². The fourth-order valence-corrected chi connectivity index (χ4v) is 9.22. The zero-order chi connectivity index (χ0) is 38.0. The molecule has 3 atom stereocenters. The van der Waals surface area contributed by atoms with E-state index >= 15 is 0 Å². The maximum atomic E-state index is 13.2. The molecule has 0 aliphatic rings. The zero-order valence-corrected chi connectivity index (χ0v) is 30.1. The van der Waals surface area contributed by atoms with E-state index in [-0.39, 0.29) is 16.7 Å². The Bertz CT molecular complexity index is 1910. The van der Waals surface area contributed by atoms with Gasteiger partial charge in [-0.05, 0) is 16.7 Å². The molecule has 3 unspecified atom stereocenters. The molecule has 0 spiro atoms. The van der Waals surface area contributed by atoms with Gasteiger partial charge >= 0.3 is 46.9 Å². The lowest BCUT2D eigenvalue weighted by Crippen LogP contribution is -2.07. The smallest absolute Gasteiger partial charge is 0.402 e. The number of hydrogen-bond donors (Lipinski definition) is 9. The molecule has 0 aliphatic heterocycles. The van der Waals surface area contributed by atoms with Crippen molar-refractivity contribution in [2.45, 2.75) is 0 Å². The van der Waals surface area contributed by atoms with Crippen molar-refractivity contribution in [1.29, 1.82) is 0 Å². The summed E-state index contributed by atoms with van der Waals surface area (Å²) in [6.07, 6.45) is 0. The standard InChI is InChI=1S/C24H24O21P6/c25-46(26,27)43-49(34,35)40-22-19(16-10-4-1-5-11-16)23(41-50(36,37)44-47(28,29)30)21(18-14-8-3-9-15-18)24(20(22)17-12-6-2-7-13-17)42-51(38,39)45-48(31,32)33/h1-15H,(H,34,35)(H,36,37)(H,38,39)(H2,25,26,27)(H2,28,29,30)(H2,31,32,33). The van der Waals surface area contributed by atoms with Gasteiger partial charge in [0, 0.05) is 0 Å². The highest BCUT2D eigenvalue weighted by molar-refractivity contribution is 7.61. The monoisotopic (exact) mass is 834 g/mol. The van der Waals surface area contributed by atoms with E-state index in [9.17, 15) is 71.4 Å². The summed E-state index contributed by atoms with van der Waals surface area (Å²) in [5.74, 6) is -3.49. The Morgan fingerprint density at radius 3 is 0.706 bits per heavy atom. The van der Waals surface area contributed by atoms with Crippen LogP contribution in [0.15, 0.2) is 91.0 Å². The first-order valence-electron chi connectivity index (χ1n) is 13.1. The van der Waals surface area contributed by atoms with Gasteiger partial charge in [-0.1, -0.05) is 91.0 Å². The summed E-state index contributed by atoms with van der Waals surface area (Å²) in [5.41, 5.74) is -2.90. The van der Waals surface area contributed by atoms with Gasteiger partial charge in [0.05, 0.1) is 16.7 Å². The molecule has 21 nitrogen and oxygen atoms in total. The molecule has 0 bridgehead atoms. The molecule has 0 saturated carbocycles. The minimum atomic E-state index is -6.08. The second kappa shape index (κ2) is 15.3. The van der Waals surface area contributed by atoms with E-state index in [4.69, 9.17) is 13.6 Å². The minimum absolute atomic E-state index is 0.213. The highest BCUT2D eigenvalue weighted by Gasteiger charge is 2.44. The van der Waals surface area contributed by atoms with Gasteiger partial charge in [-0.2, -0.15) is 12.9 Å². The van der Waals surface area contributed by atoms with Crippen molar-refractivity contribution < 1.29 is 97.9 Å². The molecule has 4 aromatic rings. The molecule has 0 heterocycles. The van der Waals surface area contributed by atoms with Crippen LogP contribution in [0.2, 0.25) is 0 Å². The SMILES string of the molecule is O=P(O)(O)OP(=O)(O)Oc1c(-c2ccccc2)c(OP(=O)(O)OP(=O)(O)O)c(-c2ccccc2)c(OP(=O)(O)OP(=O)(O)O)c1-c1ccccc1. The fourth-order valence-electron chi connectivity index (χ4n) is 4.36. The number of hydrogen-bond acceptors (Lipinski definition) is 12. The van der Waals surface area contributed by atoms with Crippen LogP contribution in [0.25, 0.3) is 33.4 Å². The summed E-state index contributed by atoms with van der Waals surface area (Å²) in [7, 11) is -35.9. The van der Waals surface area contributed by atoms with Crippen molar-refractivity contribution in [3.63, 3.8) is 0 Å². The Kier molecular flexibility index (Phi) is 12.3. The predicted molar refractivity (Wildman–Crippen MR) is 173 cm³/mol. The summed E-state index contributed by atoms with van der Waals surface area (Å²) in [6.45, 7) is 0. The van der Waals surface area contributed by atoms with Gasteiger partial charge in [0.15, 0.2) is 17.2 Å². The van der Waals surface area contributed by atoms with E-state index in [0.29, 0.717) is 0 Å². The zero-order valence-electron chi connectivity index (χ0n) is 24.8. The molecule has 0 fully saturated rings.